The topological polar surface area (TPSA) is 26.0 Å². The Kier molecular flexibility index (Phi) is 5.61. The molecule has 218 valence electrons. The summed E-state index contributed by atoms with van der Waals surface area (Å²) in [5.41, 5.74) is 8.59. The van der Waals surface area contributed by atoms with Crippen molar-refractivity contribution in [3.63, 3.8) is 0 Å². The minimum absolute atomic E-state index is 0.803. The van der Waals surface area contributed by atoms with Crippen molar-refractivity contribution in [2.75, 3.05) is 0 Å². The number of nitrogens with zero attached hydrogens (tertiary/aromatic N) is 1. The van der Waals surface area contributed by atoms with Gasteiger partial charge in [0.1, 0.15) is 5.58 Å². The van der Waals surface area contributed by atoms with Gasteiger partial charge in [0.05, 0.1) is 11.9 Å². The van der Waals surface area contributed by atoms with Gasteiger partial charge in [-0.05, 0) is 95.7 Å². The van der Waals surface area contributed by atoms with Gasteiger partial charge in [0.2, 0.25) is 0 Å². The molecular formula is C45H27NO. The van der Waals surface area contributed by atoms with Crippen LogP contribution in [0.25, 0.3) is 98.5 Å². The molecule has 0 unspecified atom stereocenters. The predicted molar refractivity (Wildman–Crippen MR) is 198 cm³/mol. The van der Waals surface area contributed by atoms with Gasteiger partial charge in [-0.25, -0.2) is 0 Å². The fourth-order valence-corrected chi connectivity index (χ4v) is 7.44. The second-order valence-electron chi connectivity index (χ2n) is 12.3. The molecule has 0 bridgehead atoms. The van der Waals surface area contributed by atoms with Crippen LogP contribution in [-0.4, -0.2) is 4.98 Å². The molecule has 2 heteroatoms. The van der Waals surface area contributed by atoms with E-state index in [0.717, 1.165) is 33.2 Å². The molecule has 8 aromatic carbocycles. The van der Waals surface area contributed by atoms with Crippen LogP contribution in [-0.2, 0) is 0 Å². The van der Waals surface area contributed by atoms with E-state index in [4.69, 9.17) is 9.40 Å². The number of furan rings is 1. The first-order valence-corrected chi connectivity index (χ1v) is 16.0. The molecule has 10 aromatic rings. The van der Waals surface area contributed by atoms with Crippen LogP contribution < -0.4 is 0 Å². The maximum atomic E-state index is 6.11. The Balaban J connectivity index is 1.30. The summed E-state index contributed by atoms with van der Waals surface area (Å²) in [4.78, 5) is 4.91. The van der Waals surface area contributed by atoms with Crippen LogP contribution in [0.2, 0.25) is 0 Å². The summed E-state index contributed by atoms with van der Waals surface area (Å²) >= 11 is 0. The molecule has 0 atom stereocenters. The zero-order valence-electron chi connectivity index (χ0n) is 25.4. The average Bonchev–Trinajstić information content (AvgIpc) is 3.51. The van der Waals surface area contributed by atoms with Gasteiger partial charge in [-0.3, -0.25) is 4.98 Å². The van der Waals surface area contributed by atoms with Gasteiger partial charge in [-0.1, -0.05) is 127 Å². The minimum atomic E-state index is 0.803. The number of hydrogen-bond donors (Lipinski definition) is 0. The van der Waals surface area contributed by atoms with Gasteiger partial charge in [-0.2, -0.15) is 0 Å². The molecule has 0 aliphatic heterocycles. The normalized spacial score (nSPS) is 11.8. The molecule has 2 aromatic heterocycles. The summed E-state index contributed by atoms with van der Waals surface area (Å²) in [6.07, 6.45) is 1.86. The van der Waals surface area contributed by atoms with Crippen LogP contribution in [0.15, 0.2) is 168 Å². The van der Waals surface area contributed by atoms with Gasteiger partial charge in [-0.15, -0.1) is 0 Å². The van der Waals surface area contributed by atoms with Crippen molar-refractivity contribution < 1.29 is 4.42 Å². The van der Waals surface area contributed by atoms with Gasteiger partial charge < -0.3 is 4.42 Å². The zero-order chi connectivity index (χ0) is 30.9. The molecule has 0 radical (unpaired) electrons. The summed E-state index contributed by atoms with van der Waals surface area (Å²) in [5, 5.41) is 12.0. The maximum Gasteiger partial charge on any atom is 0.153 e. The van der Waals surface area contributed by atoms with Crippen LogP contribution in [0, 0.1) is 0 Å². The fraction of sp³-hybridized carbons (Fsp3) is 0. The highest BCUT2D eigenvalue weighted by Gasteiger charge is 2.19. The molecule has 10 rings (SSSR count). The van der Waals surface area contributed by atoms with E-state index in [9.17, 15) is 0 Å². The first-order valence-electron chi connectivity index (χ1n) is 16.0. The Hall–Kier alpha value is -6.25. The Morgan fingerprint density at radius 2 is 0.872 bits per heavy atom. The van der Waals surface area contributed by atoms with Crippen molar-refractivity contribution >= 4 is 65.0 Å². The standard InChI is InChI=1S/C45H27NO/c1-3-11-30-23-33(19-17-28(30)9-1)44-36-14-5-6-15-37(36)45(34-20-18-29-10-2-4-12-31(29)24-34)40-25-32(21-22-38(40)44)41-26-39-35-13-7-8-16-42(35)47-43(39)27-46-41/h1-27H. The molecule has 0 amide bonds. The van der Waals surface area contributed by atoms with E-state index in [1.54, 1.807) is 0 Å². The average molecular weight is 598 g/mol. The van der Waals surface area contributed by atoms with E-state index in [-0.39, 0.29) is 0 Å². The predicted octanol–water partition coefficient (Wildman–Crippen LogP) is 12.6. The van der Waals surface area contributed by atoms with Gasteiger partial charge >= 0.3 is 0 Å². The van der Waals surface area contributed by atoms with Gasteiger partial charge in [0.25, 0.3) is 0 Å². The Morgan fingerprint density at radius 3 is 1.55 bits per heavy atom. The van der Waals surface area contributed by atoms with Crippen LogP contribution in [0.1, 0.15) is 0 Å². The number of benzene rings is 8. The highest BCUT2D eigenvalue weighted by molar-refractivity contribution is 6.22. The Labute approximate surface area is 271 Å². The molecule has 0 aliphatic rings. The summed E-state index contributed by atoms with van der Waals surface area (Å²) < 4.78 is 6.11. The van der Waals surface area contributed by atoms with Crippen molar-refractivity contribution in [3.8, 4) is 33.5 Å². The van der Waals surface area contributed by atoms with Gasteiger partial charge in [0, 0.05) is 16.3 Å². The largest absolute Gasteiger partial charge is 0.454 e. The first kappa shape index (κ1) is 26.0. The highest BCUT2D eigenvalue weighted by atomic mass is 16.3. The van der Waals surface area contributed by atoms with Crippen molar-refractivity contribution in [1.29, 1.82) is 0 Å². The van der Waals surface area contributed by atoms with E-state index in [2.05, 4.69) is 146 Å². The van der Waals surface area contributed by atoms with E-state index in [1.165, 1.54) is 65.3 Å². The van der Waals surface area contributed by atoms with E-state index in [1.807, 2.05) is 18.3 Å². The molecule has 0 N–H and O–H groups in total. The number of para-hydroxylation sites is 1. The Bertz CT molecular complexity index is 2860. The summed E-state index contributed by atoms with van der Waals surface area (Å²) in [7, 11) is 0. The third-order valence-electron chi connectivity index (χ3n) is 9.66. The van der Waals surface area contributed by atoms with E-state index in [0.29, 0.717) is 0 Å². The number of hydrogen-bond acceptors (Lipinski definition) is 2. The van der Waals surface area contributed by atoms with Crippen molar-refractivity contribution in [2.45, 2.75) is 0 Å². The van der Waals surface area contributed by atoms with Crippen molar-refractivity contribution in [3.05, 3.63) is 164 Å². The van der Waals surface area contributed by atoms with E-state index >= 15 is 0 Å². The first-order chi connectivity index (χ1) is 23.3. The smallest absolute Gasteiger partial charge is 0.153 e. The number of aromatic nitrogens is 1. The van der Waals surface area contributed by atoms with Crippen molar-refractivity contribution in [1.82, 2.24) is 4.98 Å². The summed E-state index contributed by atoms with van der Waals surface area (Å²) in [5.74, 6) is 0. The molecule has 0 aliphatic carbocycles. The van der Waals surface area contributed by atoms with Crippen LogP contribution in [0.3, 0.4) is 0 Å². The molecule has 0 saturated carbocycles. The molecule has 47 heavy (non-hydrogen) atoms. The molecule has 0 saturated heterocycles. The van der Waals surface area contributed by atoms with Gasteiger partial charge in [0.15, 0.2) is 5.58 Å². The van der Waals surface area contributed by atoms with Crippen LogP contribution in [0.4, 0.5) is 0 Å². The molecule has 0 fully saturated rings. The zero-order valence-corrected chi connectivity index (χ0v) is 25.4. The monoisotopic (exact) mass is 597 g/mol. The molecule has 2 nitrogen and oxygen atoms in total. The lowest BCUT2D eigenvalue weighted by Crippen LogP contribution is -1.92. The molecule has 2 heterocycles. The van der Waals surface area contributed by atoms with E-state index < -0.39 is 0 Å². The number of rotatable bonds is 3. The lowest BCUT2D eigenvalue weighted by molar-refractivity contribution is 0.667. The second kappa shape index (κ2) is 10.1. The third-order valence-corrected chi connectivity index (χ3v) is 9.66. The van der Waals surface area contributed by atoms with Crippen LogP contribution in [0.5, 0.6) is 0 Å². The lowest BCUT2D eigenvalue weighted by atomic mass is 9.84. The maximum absolute atomic E-state index is 6.11. The lowest BCUT2D eigenvalue weighted by Gasteiger charge is -2.19. The minimum Gasteiger partial charge on any atom is -0.454 e. The highest BCUT2D eigenvalue weighted by Crippen LogP contribution is 2.46. The number of pyridine rings is 1. The Morgan fingerprint density at radius 1 is 0.340 bits per heavy atom. The fourth-order valence-electron chi connectivity index (χ4n) is 7.44. The molecule has 0 spiro atoms. The van der Waals surface area contributed by atoms with Crippen molar-refractivity contribution in [2.24, 2.45) is 0 Å². The summed E-state index contributed by atoms with van der Waals surface area (Å²) in [6, 6.07) is 57.0. The summed E-state index contributed by atoms with van der Waals surface area (Å²) in [6.45, 7) is 0. The second-order valence-corrected chi connectivity index (χ2v) is 12.3. The SMILES string of the molecule is c1ccc2cc(-c3c4ccccc4c(-c4ccc5ccccc5c4)c4cc(-c5cc6c(cn5)oc5ccccc56)ccc34)ccc2c1. The molecular weight excluding hydrogens is 571 g/mol. The quantitative estimate of drug-likeness (QED) is 0.189. The third kappa shape index (κ3) is 4.09. The number of fused-ring (bicyclic) bond motifs is 7. The van der Waals surface area contributed by atoms with Crippen LogP contribution >= 0.6 is 0 Å².